The Kier molecular flexibility index (Phi) is 8.02. The van der Waals surface area contributed by atoms with Gasteiger partial charge in [-0.25, -0.2) is 0 Å². The monoisotopic (exact) mass is 289 g/mol. The number of halogens is 4. The van der Waals surface area contributed by atoms with Gasteiger partial charge >= 0.3 is 58.4 Å². The number of nitrogens with zero attached hydrogens (tertiary/aromatic N) is 1. The molecule has 88 valence electrons. The molecule has 2 nitrogen and oxygen atoms in total. The van der Waals surface area contributed by atoms with Gasteiger partial charge in [-0.2, -0.15) is 0 Å². The molecule has 1 heterocycles. The maximum atomic E-state index is 12.4. The van der Waals surface area contributed by atoms with Crippen LogP contribution in [0.2, 0.25) is 0 Å². The van der Waals surface area contributed by atoms with Crippen LogP contribution in [0.4, 0.5) is 12.9 Å². The van der Waals surface area contributed by atoms with E-state index in [1.165, 1.54) is 11.7 Å². The molecule has 0 aliphatic heterocycles. The van der Waals surface area contributed by atoms with Gasteiger partial charge in [0.1, 0.15) is 12.4 Å². The van der Waals surface area contributed by atoms with E-state index in [0.717, 1.165) is 12.3 Å². The normalized spacial score (nSPS) is 11.9. The minimum atomic E-state index is -5.04. The molecule has 0 aromatic carbocycles. The van der Waals surface area contributed by atoms with Crippen LogP contribution in [-0.2, 0) is 0 Å². The Hall–Kier alpha value is 0.471. The average Bonchev–Trinajstić information content (AvgIpc) is 2.25. The summed E-state index contributed by atoms with van der Waals surface area (Å²) < 4.78 is 42.2. The first-order valence-electron chi connectivity index (χ1n) is 4.47. The van der Waals surface area contributed by atoms with Crippen molar-refractivity contribution in [1.29, 1.82) is 0 Å². The van der Waals surface area contributed by atoms with Gasteiger partial charge in [0, 0.05) is 11.7 Å². The summed E-state index contributed by atoms with van der Waals surface area (Å²) in [4.78, 5) is 3.47. The van der Waals surface area contributed by atoms with E-state index in [2.05, 4.69) is 4.98 Å². The zero-order valence-corrected chi connectivity index (χ0v) is 13.3. The predicted molar refractivity (Wildman–Crippen MR) is 58.1 cm³/mol. The maximum Gasteiger partial charge on any atom is 1.00 e. The number of rotatable bonds is 4. The van der Waals surface area contributed by atoms with Crippen LogP contribution in [0.3, 0.4) is 0 Å². The molecule has 1 rings (SSSR count). The number of hydrogen-bond donors (Lipinski definition) is 0. The Labute approximate surface area is 145 Å². The SMILES string of the molecule is C/C(=C/Cl)COc1cncc([B-](F)(F)F)c1.[K+]. The third-order valence-corrected chi connectivity index (χ3v) is 2.14. The molecule has 0 saturated carbocycles. The topological polar surface area (TPSA) is 22.1 Å². The van der Waals surface area contributed by atoms with Gasteiger partial charge in [-0.15, -0.1) is 0 Å². The van der Waals surface area contributed by atoms with Crippen LogP contribution in [0.15, 0.2) is 29.6 Å². The quantitative estimate of drug-likeness (QED) is 0.708. The summed E-state index contributed by atoms with van der Waals surface area (Å²) in [6.45, 7) is -3.20. The standard InChI is InChI=1S/C9H9BClF3NO.K/c1-7(3-11)6-16-9-2-8(4-15-5-9)10(12,13)14;/h2-5H,6H2,1H3;/q-1;+1/b7-3-;. The third-order valence-electron chi connectivity index (χ3n) is 1.77. The number of hydrogen-bond acceptors (Lipinski definition) is 2. The van der Waals surface area contributed by atoms with Crippen LogP contribution < -0.4 is 61.6 Å². The van der Waals surface area contributed by atoms with Crippen LogP contribution in [0.5, 0.6) is 5.75 Å². The molecule has 0 fully saturated rings. The van der Waals surface area contributed by atoms with E-state index in [1.54, 1.807) is 6.92 Å². The predicted octanol–water partition coefficient (Wildman–Crippen LogP) is -0.339. The van der Waals surface area contributed by atoms with Crippen LogP contribution in [0.1, 0.15) is 6.92 Å². The van der Waals surface area contributed by atoms with Gasteiger partial charge in [-0.05, 0) is 18.6 Å². The van der Waals surface area contributed by atoms with Crippen molar-refractivity contribution in [3.05, 3.63) is 29.6 Å². The van der Waals surface area contributed by atoms with Crippen molar-refractivity contribution in [3.8, 4) is 5.75 Å². The minimum absolute atomic E-state index is 0. The van der Waals surface area contributed by atoms with Crippen LogP contribution in [0.25, 0.3) is 0 Å². The zero-order valence-electron chi connectivity index (χ0n) is 9.46. The molecular formula is C9H9BClF3KNO. The third kappa shape index (κ3) is 6.26. The molecule has 0 N–H and O–H groups in total. The molecule has 0 aliphatic rings. The Morgan fingerprint density at radius 3 is 2.65 bits per heavy atom. The number of pyridine rings is 1. The summed E-state index contributed by atoms with van der Waals surface area (Å²) in [6.07, 6.45) is 2.00. The fraction of sp³-hybridized carbons (Fsp3) is 0.222. The molecule has 0 amide bonds. The van der Waals surface area contributed by atoms with Gasteiger partial charge in [0.25, 0.3) is 0 Å². The van der Waals surface area contributed by atoms with Crippen molar-refractivity contribution in [1.82, 2.24) is 4.98 Å². The fourth-order valence-corrected chi connectivity index (χ4v) is 0.985. The first kappa shape index (κ1) is 17.5. The molecule has 0 aliphatic carbocycles. The van der Waals surface area contributed by atoms with Crippen molar-refractivity contribution in [3.63, 3.8) is 0 Å². The Morgan fingerprint density at radius 1 is 1.47 bits per heavy atom. The molecule has 0 atom stereocenters. The number of ether oxygens (including phenoxy) is 1. The first-order valence-corrected chi connectivity index (χ1v) is 4.90. The fourth-order valence-electron chi connectivity index (χ4n) is 0.922. The van der Waals surface area contributed by atoms with Gasteiger partial charge in [-0.1, -0.05) is 17.1 Å². The summed E-state index contributed by atoms with van der Waals surface area (Å²) in [5.41, 5.74) is 1.25. The van der Waals surface area contributed by atoms with E-state index in [9.17, 15) is 12.9 Å². The van der Waals surface area contributed by atoms with Crippen molar-refractivity contribution < 1.29 is 69.1 Å². The van der Waals surface area contributed by atoms with Gasteiger partial charge in [0.2, 0.25) is 0 Å². The first-order chi connectivity index (χ1) is 7.43. The van der Waals surface area contributed by atoms with Gasteiger partial charge in [0.15, 0.2) is 0 Å². The molecule has 17 heavy (non-hydrogen) atoms. The second kappa shape index (κ2) is 7.81. The van der Waals surface area contributed by atoms with Crippen LogP contribution >= 0.6 is 11.6 Å². The molecule has 0 saturated heterocycles. The second-order valence-corrected chi connectivity index (χ2v) is 3.49. The van der Waals surface area contributed by atoms with E-state index in [-0.39, 0.29) is 63.7 Å². The molecule has 8 heteroatoms. The van der Waals surface area contributed by atoms with E-state index in [0.29, 0.717) is 5.57 Å². The van der Waals surface area contributed by atoms with Crippen LogP contribution in [0, 0.1) is 0 Å². The Bertz CT molecular complexity index is 400. The summed E-state index contributed by atoms with van der Waals surface area (Å²) in [5.74, 6) is 0.0783. The van der Waals surface area contributed by atoms with E-state index >= 15 is 0 Å². The molecule has 0 radical (unpaired) electrons. The van der Waals surface area contributed by atoms with E-state index in [1.807, 2.05) is 0 Å². The maximum absolute atomic E-state index is 12.4. The zero-order chi connectivity index (χ0) is 12.2. The summed E-state index contributed by atoms with van der Waals surface area (Å²) in [5, 5.41) is 0. The largest absolute Gasteiger partial charge is 1.00 e. The Balaban J connectivity index is 0.00000256. The smallest absolute Gasteiger partial charge is 0.488 e. The molecule has 0 unspecified atom stereocenters. The van der Waals surface area contributed by atoms with E-state index < -0.39 is 12.4 Å². The number of aromatic nitrogens is 1. The van der Waals surface area contributed by atoms with Crippen LogP contribution in [-0.4, -0.2) is 18.6 Å². The van der Waals surface area contributed by atoms with Gasteiger partial charge in [0.05, 0.1) is 6.20 Å². The molecule has 1 aromatic heterocycles. The van der Waals surface area contributed by atoms with E-state index in [4.69, 9.17) is 16.3 Å². The second-order valence-electron chi connectivity index (χ2n) is 3.27. The molecule has 1 aromatic rings. The molecule has 0 spiro atoms. The molecule has 0 bridgehead atoms. The van der Waals surface area contributed by atoms with Crippen molar-refractivity contribution in [2.75, 3.05) is 6.61 Å². The summed E-state index contributed by atoms with van der Waals surface area (Å²) >= 11 is 5.39. The summed E-state index contributed by atoms with van der Waals surface area (Å²) in [7, 11) is 0. The summed E-state index contributed by atoms with van der Waals surface area (Å²) in [6, 6.07) is 0.925. The minimum Gasteiger partial charge on any atom is -0.488 e. The van der Waals surface area contributed by atoms with Gasteiger partial charge < -0.3 is 17.7 Å². The van der Waals surface area contributed by atoms with Crippen molar-refractivity contribution >= 4 is 24.0 Å². The van der Waals surface area contributed by atoms with Crippen molar-refractivity contribution in [2.45, 2.75) is 6.92 Å². The van der Waals surface area contributed by atoms with Gasteiger partial charge in [-0.3, -0.25) is 4.98 Å². The Morgan fingerprint density at radius 2 is 2.12 bits per heavy atom. The molecular weight excluding hydrogens is 280 g/mol. The average molecular weight is 290 g/mol. The van der Waals surface area contributed by atoms with Crippen molar-refractivity contribution in [2.24, 2.45) is 0 Å².